The van der Waals surface area contributed by atoms with Gasteiger partial charge in [0.25, 0.3) is 0 Å². The number of likely N-dealkylation sites (tertiary alicyclic amines) is 1. The number of hydrogen-bond acceptors (Lipinski definition) is 2. The summed E-state index contributed by atoms with van der Waals surface area (Å²) in [5.74, 6) is 6.49. The zero-order valence-corrected chi connectivity index (χ0v) is 18.0. The van der Waals surface area contributed by atoms with E-state index in [1.165, 1.54) is 12.1 Å². The third-order valence-electron chi connectivity index (χ3n) is 5.85. The van der Waals surface area contributed by atoms with E-state index in [2.05, 4.69) is 34.4 Å². The van der Waals surface area contributed by atoms with Gasteiger partial charge >= 0.3 is 6.18 Å². The molecule has 0 saturated carbocycles. The quantitative estimate of drug-likeness (QED) is 0.409. The van der Waals surface area contributed by atoms with Gasteiger partial charge in [0.1, 0.15) is 0 Å². The highest BCUT2D eigenvalue weighted by molar-refractivity contribution is 5.79. The Morgan fingerprint density at radius 2 is 1.88 bits per heavy atom. The summed E-state index contributed by atoms with van der Waals surface area (Å²) in [5.41, 5.74) is 2.93. The van der Waals surface area contributed by atoms with Gasteiger partial charge in [-0.1, -0.05) is 55.2 Å². The second-order valence-corrected chi connectivity index (χ2v) is 8.28. The molecule has 0 amide bonds. The molecule has 1 fully saturated rings. The zero-order chi connectivity index (χ0) is 22.7. The summed E-state index contributed by atoms with van der Waals surface area (Å²) < 4.78 is 39.1. The summed E-state index contributed by atoms with van der Waals surface area (Å²) in [6, 6.07) is 15.4. The fourth-order valence-electron chi connectivity index (χ4n) is 4.30. The van der Waals surface area contributed by atoms with Crippen molar-refractivity contribution in [2.45, 2.75) is 44.4 Å². The number of benzene rings is 2. The molecule has 2 heterocycles. The summed E-state index contributed by atoms with van der Waals surface area (Å²) in [5, 5.41) is 1.04. The van der Waals surface area contributed by atoms with Crippen molar-refractivity contribution in [2.24, 2.45) is 0 Å². The van der Waals surface area contributed by atoms with Crippen molar-refractivity contribution in [1.82, 2.24) is 9.88 Å². The lowest BCUT2D eigenvalue weighted by Gasteiger charge is -2.39. The number of rotatable bonds is 3. The molecule has 164 valence electrons. The molecule has 4 rings (SSSR count). The molecule has 1 aliphatic heterocycles. The van der Waals surface area contributed by atoms with Crippen LogP contribution in [0, 0.1) is 11.8 Å². The highest BCUT2D eigenvalue weighted by Gasteiger charge is 2.33. The van der Waals surface area contributed by atoms with E-state index in [4.69, 9.17) is 0 Å². The van der Waals surface area contributed by atoms with E-state index in [1.807, 2.05) is 37.4 Å². The number of nitrogens with zero attached hydrogens (tertiary/aromatic N) is 2. The molecule has 3 aromatic rings. The molecule has 0 unspecified atom stereocenters. The van der Waals surface area contributed by atoms with Crippen molar-refractivity contribution in [1.29, 1.82) is 0 Å². The molecule has 2 atom stereocenters. The van der Waals surface area contributed by atoms with Gasteiger partial charge in [-0.25, -0.2) is 0 Å². The summed E-state index contributed by atoms with van der Waals surface area (Å²) in [6.07, 6.45) is 0.440. The number of pyridine rings is 1. The van der Waals surface area contributed by atoms with E-state index in [1.54, 1.807) is 12.1 Å². The summed E-state index contributed by atoms with van der Waals surface area (Å²) in [6.45, 7) is 6.59. The first-order valence-electron chi connectivity index (χ1n) is 10.8. The van der Waals surface area contributed by atoms with Crippen LogP contribution >= 0.6 is 0 Å². The van der Waals surface area contributed by atoms with E-state index < -0.39 is 11.7 Å². The van der Waals surface area contributed by atoms with Crippen molar-refractivity contribution in [3.63, 3.8) is 0 Å². The normalized spacial score (nSPS) is 18.1. The van der Waals surface area contributed by atoms with E-state index in [0.29, 0.717) is 0 Å². The number of aromatic nitrogens is 1. The third-order valence-corrected chi connectivity index (χ3v) is 5.85. The number of hydrogen-bond donors (Lipinski definition) is 0. The second-order valence-electron chi connectivity index (χ2n) is 8.28. The van der Waals surface area contributed by atoms with Crippen LogP contribution in [0.4, 0.5) is 13.2 Å². The molecule has 0 aliphatic carbocycles. The van der Waals surface area contributed by atoms with E-state index >= 15 is 0 Å². The fraction of sp³-hybridized carbons (Fsp3) is 0.296. The maximum Gasteiger partial charge on any atom is 0.416 e. The van der Waals surface area contributed by atoms with Gasteiger partial charge < -0.3 is 0 Å². The molecule has 2 nitrogen and oxygen atoms in total. The van der Waals surface area contributed by atoms with Gasteiger partial charge in [0.15, 0.2) is 0 Å². The van der Waals surface area contributed by atoms with Crippen LogP contribution < -0.4 is 0 Å². The number of piperidine rings is 1. The molecule has 0 radical (unpaired) electrons. The Morgan fingerprint density at radius 3 is 2.59 bits per heavy atom. The van der Waals surface area contributed by atoms with Gasteiger partial charge in [-0.2, -0.15) is 13.2 Å². The molecule has 0 N–H and O–H groups in total. The first-order valence-corrected chi connectivity index (χ1v) is 10.8. The largest absolute Gasteiger partial charge is 0.416 e. The van der Waals surface area contributed by atoms with E-state index in [0.717, 1.165) is 53.4 Å². The summed E-state index contributed by atoms with van der Waals surface area (Å²) in [7, 11) is 0. The van der Waals surface area contributed by atoms with E-state index in [9.17, 15) is 13.2 Å². The zero-order valence-electron chi connectivity index (χ0n) is 18.0. The van der Waals surface area contributed by atoms with Crippen LogP contribution in [0.3, 0.4) is 0 Å². The Bertz CT molecular complexity index is 1170. The standard InChI is InChI=1S/C27H25F3N2/c1-19(2)10-15-26(22-17-21-7-3-4-8-24(21)31-18-22)32-16-6-5-9-25(32)20-11-13-23(14-12-20)27(28,29)30/h3-4,7-8,11-14,17-18,25-26H,1,5-6,9,16H2,2H3/t25-,26+/m0/s1. The van der Waals surface area contributed by atoms with Gasteiger partial charge in [0.05, 0.1) is 17.1 Å². The fourth-order valence-corrected chi connectivity index (χ4v) is 4.30. The number of para-hydroxylation sites is 1. The Morgan fingerprint density at radius 1 is 1.12 bits per heavy atom. The van der Waals surface area contributed by atoms with Gasteiger partial charge in [-0.15, -0.1) is 0 Å². The van der Waals surface area contributed by atoms with Crippen molar-refractivity contribution in [3.8, 4) is 11.8 Å². The molecular weight excluding hydrogens is 409 g/mol. The van der Waals surface area contributed by atoms with Gasteiger partial charge in [0.2, 0.25) is 0 Å². The minimum atomic E-state index is -4.34. The molecule has 1 aliphatic rings. The van der Waals surface area contributed by atoms with Crippen molar-refractivity contribution >= 4 is 10.9 Å². The van der Waals surface area contributed by atoms with Crippen molar-refractivity contribution in [3.05, 3.63) is 89.6 Å². The van der Waals surface area contributed by atoms with Crippen molar-refractivity contribution < 1.29 is 13.2 Å². The third kappa shape index (κ3) is 4.87. The minimum Gasteiger partial charge on any atom is -0.279 e. The lowest BCUT2D eigenvalue weighted by atomic mass is 9.91. The molecular formula is C27H25F3N2. The molecule has 1 saturated heterocycles. The van der Waals surface area contributed by atoms with Crippen LogP contribution in [0.15, 0.2) is 72.9 Å². The molecule has 32 heavy (non-hydrogen) atoms. The average molecular weight is 435 g/mol. The SMILES string of the molecule is C=C(C)C#C[C@H](c1cnc2ccccc2c1)N1CCCC[C@H]1c1ccc(C(F)(F)F)cc1. The Labute approximate surface area is 186 Å². The molecule has 0 bridgehead atoms. The smallest absolute Gasteiger partial charge is 0.279 e. The number of allylic oxidation sites excluding steroid dienone is 1. The highest BCUT2D eigenvalue weighted by atomic mass is 19.4. The van der Waals surface area contributed by atoms with Crippen LogP contribution in [0.2, 0.25) is 0 Å². The lowest BCUT2D eigenvalue weighted by Crippen LogP contribution is -2.36. The van der Waals surface area contributed by atoms with Crippen LogP contribution in [0.5, 0.6) is 0 Å². The van der Waals surface area contributed by atoms with Gasteiger partial charge in [-0.3, -0.25) is 9.88 Å². The minimum absolute atomic E-state index is 0.0121. The first kappa shape index (κ1) is 22.1. The molecule has 5 heteroatoms. The lowest BCUT2D eigenvalue weighted by molar-refractivity contribution is -0.137. The second kappa shape index (κ2) is 9.18. The number of fused-ring (bicyclic) bond motifs is 1. The van der Waals surface area contributed by atoms with Crippen molar-refractivity contribution in [2.75, 3.05) is 6.54 Å². The maximum absolute atomic E-state index is 13.0. The predicted octanol–water partition coefficient (Wildman–Crippen LogP) is 7.10. The summed E-state index contributed by atoms with van der Waals surface area (Å²) in [4.78, 5) is 6.92. The Kier molecular flexibility index (Phi) is 6.34. The van der Waals surface area contributed by atoms with Crippen LogP contribution in [-0.2, 0) is 6.18 Å². The van der Waals surface area contributed by atoms with Gasteiger partial charge in [-0.05, 0) is 55.2 Å². The van der Waals surface area contributed by atoms with Crippen LogP contribution in [0.1, 0.15) is 55.0 Å². The Balaban J connectivity index is 1.74. The number of halogens is 3. The van der Waals surface area contributed by atoms with Crippen LogP contribution in [0.25, 0.3) is 10.9 Å². The monoisotopic (exact) mass is 434 g/mol. The number of alkyl halides is 3. The highest BCUT2D eigenvalue weighted by Crippen LogP contribution is 2.39. The predicted molar refractivity (Wildman–Crippen MR) is 122 cm³/mol. The Hall–Kier alpha value is -3.10. The van der Waals surface area contributed by atoms with Crippen LogP contribution in [-0.4, -0.2) is 16.4 Å². The summed E-state index contributed by atoms with van der Waals surface area (Å²) >= 11 is 0. The average Bonchev–Trinajstić information content (AvgIpc) is 2.79. The van der Waals surface area contributed by atoms with Gasteiger partial charge in [0, 0.05) is 29.7 Å². The molecule has 0 spiro atoms. The molecule has 2 aromatic carbocycles. The van der Waals surface area contributed by atoms with E-state index in [-0.39, 0.29) is 12.1 Å². The first-order chi connectivity index (χ1) is 15.3. The topological polar surface area (TPSA) is 16.1 Å². The molecule has 1 aromatic heterocycles. The maximum atomic E-state index is 13.0.